The quantitative estimate of drug-likeness (QED) is 0.706. The Morgan fingerprint density at radius 3 is 2.50 bits per heavy atom. The first-order chi connectivity index (χ1) is 8.38. The van der Waals surface area contributed by atoms with Crippen LogP contribution < -0.4 is 0 Å². The summed E-state index contributed by atoms with van der Waals surface area (Å²) in [6, 6.07) is 0. The molecule has 0 amide bonds. The van der Waals surface area contributed by atoms with Crippen molar-refractivity contribution in [2.45, 2.75) is 72.5 Å². The Morgan fingerprint density at radius 1 is 1.33 bits per heavy atom. The van der Waals surface area contributed by atoms with Crippen LogP contribution in [0.5, 0.6) is 0 Å². The lowest BCUT2D eigenvalue weighted by Gasteiger charge is -2.39. The van der Waals surface area contributed by atoms with Gasteiger partial charge in [0, 0.05) is 0 Å². The van der Waals surface area contributed by atoms with Gasteiger partial charge in [0.1, 0.15) is 0 Å². The first-order valence-electron chi connectivity index (χ1n) is 7.20. The Morgan fingerprint density at radius 2 is 2.00 bits per heavy atom. The Kier molecular flexibility index (Phi) is 5.64. The van der Waals surface area contributed by atoms with Crippen LogP contribution in [0.3, 0.4) is 0 Å². The van der Waals surface area contributed by atoms with Crippen LogP contribution in [-0.2, 0) is 14.3 Å². The van der Waals surface area contributed by atoms with Crippen molar-refractivity contribution >= 4 is 5.97 Å². The number of carbonyl (C=O) groups is 1. The zero-order valence-corrected chi connectivity index (χ0v) is 12.5. The van der Waals surface area contributed by atoms with Gasteiger partial charge in [-0.15, -0.1) is 0 Å². The molecule has 106 valence electrons. The van der Waals surface area contributed by atoms with Gasteiger partial charge in [0.2, 0.25) is 0 Å². The van der Waals surface area contributed by atoms with Gasteiger partial charge in [0.15, 0.2) is 6.10 Å². The van der Waals surface area contributed by atoms with Crippen LogP contribution >= 0.6 is 0 Å². The van der Waals surface area contributed by atoms with Gasteiger partial charge in [-0.3, -0.25) is 0 Å². The number of hydrogen-bond donors (Lipinski definition) is 0. The molecule has 0 aliphatic heterocycles. The summed E-state index contributed by atoms with van der Waals surface area (Å²) in [5, 5.41) is 0. The van der Waals surface area contributed by atoms with Crippen molar-refractivity contribution in [3.05, 3.63) is 0 Å². The van der Waals surface area contributed by atoms with E-state index in [-0.39, 0.29) is 12.1 Å². The fraction of sp³-hybridized carbons (Fsp3) is 0.933. The van der Waals surface area contributed by atoms with E-state index in [1.807, 2.05) is 13.8 Å². The molecule has 18 heavy (non-hydrogen) atoms. The molecule has 1 rings (SSSR count). The van der Waals surface area contributed by atoms with Gasteiger partial charge in [-0.25, -0.2) is 4.79 Å². The maximum absolute atomic E-state index is 11.7. The summed E-state index contributed by atoms with van der Waals surface area (Å²) in [6.07, 6.45) is 3.81. The van der Waals surface area contributed by atoms with Crippen molar-refractivity contribution in [1.82, 2.24) is 0 Å². The Bertz CT molecular complexity index is 273. The van der Waals surface area contributed by atoms with E-state index in [1.165, 1.54) is 6.42 Å². The smallest absolute Gasteiger partial charge is 0.335 e. The van der Waals surface area contributed by atoms with Crippen LogP contribution in [0.15, 0.2) is 0 Å². The Labute approximate surface area is 111 Å². The molecule has 0 radical (unpaired) electrons. The van der Waals surface area contributed by atoms with E-state index in [0.717, 1.165) is 12.8 Å². The number of hydrogen-bond acceptors (Lipinski definition) is 3. The largest absolute Gasteiger partial charge is 0.464 e. The predicted molar refractivity (Wildman–Crippen MR) is 72.4 cm³/mol. The van der Waals surface area contributed by atoms with Crippen molar-refractivity contribution < 1.29 is 14.3 Å². The first-order valence-corrected chi connectivity index (χ1v) is 7.20. The van der Waals surface area contributed by atoms with E-state index in [0.29, 0.717) is 24.4 Å². The van der Waals surface area contributed by atoms with Gasteiger partial charge < -0.3 is 9.47 Å². The first kappa shape index (κ1) is 15.5. The summed E-state index contributed by atoms with van der Waals surface area (Å²) in [5.41, 5.74) is 0.315. The fourth-order valence-electron chi connectivity index (χ4n) is 3.15. The van der Waals surface area contributed by atoms with E-state index in [9.17, 15) is 4.79 Å². The zero-order valence-electron chi connectivity index (χ0n) is 12.5. The third kappa shape index (κ3) is 4.60. The minimum absolute atomic E-state index is 0.193. The van der Waals surface area contributed by atoms with Crippen molar-refractivity contribution in [2.24, 2.45) is 11.3 Å². The second-order valence-corrected chi connectivity index (χ2v) is 6.32. The van der Waals surface area contributed by atoms with Gasteiger partial charge in [0.25, 0.3) is 0 Å². The van der Waals surface area contributed by atoms with Gasteiger partial charge in [-0.05, 0) is 43.9 Å². The summed E-state index contributed by atoms with van der Waals surface area (Å²) in [7, 11) is 0. The van der Waals surface area contributed by atoms with Gasteiger partial charge in [-0.2, -0.15) is 0 Å². The van der Waals surface area contributed by atoms with E-state index in [1.54, 1.807) is 0 Å². The van der Waals surface area contributed by atoms with Crippen LogP contribution in [-0.4, -0.2) is 24.8 Å². The number of esters is 1. The summed E-state index contributed by atoms with van der Waals surface area (Å²) < 4.78 is 11.0. The van der Waals surface area contributed by atoms with E-state index in [2.05, 4.69) is 20.8 Å². The second kappa shape index (κ2) is 6.55. The highest BCUT2D eigenvalue weighted by Crippen LogP contribution is 2.40. The van der Waals surface area contributed by atoms with Crippen LogP contribution in [0.2, 0.25) is 0 Å². The standard InChI is InChI=1S/C15H28O3/c1-6-13(14(16)17-7-2)18-12-8-11(3)9-15(4,5)10-12/h11-13H,6-10H2,1-5H3. The molecular formula is C15H28O3. The molecule has 1 aliphatic rings. The van der Waals surface area contributed by atoms with Crippen molar-refractivity contribution in [3.63, 3.8) is 0 Å². The zero-order chi connectivity index (χ0) is 13.8. The van der Waals surface area contributed by atoms with E-state index >= 15 is 0 Å². The van der Waals surface area contributed by atoms with E-state index in [4.69, 9.17) is 9.47 Å². The average Bonchev–Trinajstić information content (AvgIpc) is 2.23. The van der Waals surface area contributed by atoms with Gasteiger partial charge in [-0.1, -0.05) is 27.7 Å². The van der Waals surface area contributed by atoms with Crippen molar-refractivity contribution in [2.75, 3.05) is 6.61 Å². The molecule has 1 aliphatic carbocycles. The van der Waals surface area contributed by atoms with E-state index < -0.39 is 6.10 Å². The highest BCUT2D eigenvalue weighted by Gasteiger charge is 2.34. The molecule has 0 aromatic heterocycles. The van der Waals surface area contributed by atoms with Gasteiger partial charge >= 0.3 is 5.97 Å². The molecule has 1 saturated carbocycles. The average molecular weight is 256 g/mol. The molecule has 0 aromatic rings. The summed E-state index contributed by atoms with van der Waals surface area (Å²) >= 11 is 0. The number of rotatable bonds is 5. The maximum atomic E-state index is 11.7. The highest BCUT2D eigenvalue weighted by atomic mass is 16.6. The van der Waals surface area contributed by atoms with Crippen molar-refractivity contribution in [1.29, 1.82) is 0 Å². The number of carbonyl (C=O) groups excluding carboxylic acids is 1. The van der Waals surface area contributed by atoms with Crippen LogP contribution in [0.1, 0.15) is 60.3 Å². The SMILES string of the molecule is CCOC(=O)C(CC)OC1CC(C)CC(C)(C)C1. The highest BCUT2D eigenvalue weighted by molar-refractivity contribution is 5.74. The fourth-order valence-corrected chi connectivity index (χ4v) is 3.15. The molecule has 1 fully saturated rings. The second-order valence-electron chi connectivity index (χ2n) is 6.32. The lowest BCUT2D eigenvalue weighted by Crippen LogP contribution is -2.37. The molecule has 0 N–H and O–H groups in total. The van der Waals surface area contributed by atoms with Crippen LogP contribution in [0, 0.1) is 11.3 Å². The molecule has 0 heterocycles. The summed E-state index contributed by atoms with van der Waals surface area (Å²) in [6.45, 7) is 11.1. The molecule has 3 heteroatoms. The topological polar surface area (TPSA) is 35.5 Å². The molecular weight excluding hydrogens is 228 g/mol. The molecule has 3 unspecified atom stereocenters. The third-order valence-corrected chi connectivity index (χ3v) is 3.62. The maximum Gasteiger partial charge on any atom is 0.335 e. The summed E-state index contributed by atoms with van der Waals surface area (Å²) in [4.78, 5) is 11.7. The molecule has 3 nitrogen and oxygen atoms in total. The third-order valence-electron chi connectivity index (χ3n) is 3.62. The Balaban J connectivity index is 2.56. The predicted octanol–water partition coefficient (Wildman–Crippen LogP) is 3.56. The molecule has 0 spiro atoms. The summed E-state index contributed by atoms with van der Waals surface area (Å²) in [5.74, 6) is 0.453. The lowest BCUT2D eigenvalue weighted by atomic mass is 9.71. The van der Waals surface area contributed by atoms with Crippen LogP contribution in [0.4, 0.5) is 0 Å². The molecule has 0 aromatic carbocycles. The monoisotopic (exact) mass is 256 g/mol. The molecule has 0 saturated heterocycles. The van der Waals surface area contributed by atoms with Crippen molar-refractivity contribution in [3.8, 4) is 0 Å². The number of ether oxygens (including phenoxy) is 2. The lowest BCUT2D eigenvalue weighted by molar-refractivity contribution is -0.164. The minimum atomic E-state index is -0.393. The van der Waals surface area contributed by atoms with Gasteiger partial charge in [0.05, 0.1) is 12.7 Å². The minimum Gasteiger partial charge on any atom is -0.464 e. The molecule has 3 atom stereocenters. The van der Waals surface area contributed by atoms with Crippen LogP contribution in [0.25, 0.3) is 0 Å². The normalized spacial score (nSPS) is 28.7. The molecule has 0 bridgehead atoms. The Hall–Kier alpha value is -0.570.